The van der Waals surface area contributed by atoms with E-state index in [2.05, 4.69) is 81.5 Å². The summed E-state index contributed by atoms with van der Waals surface area (Å²) in [7, 11) is 0. The molecule has 6 nitrogen and oxygen atoms in total. The molecular weight excluding hydrogens is 997 g/mol. The van der Waals surface area contributed by atoms with Crippen molar-refractivity contribution in [3.05, 3.63) is 60.8 Å². The maximum Gasteiger partial charge on any atom is 0.306 e. The van der Waals surface area contributed by atoms with Crippen molar-refractivity contribution in [2.75, 3.05) is 13.2 Å². The summed E-state index contributed by atoms with van der Waals surface area (Å²) < 4.78 is 17.0. The molecule has 0 aromatic rings. The van der Waals surface area contributed by atoms with Crippen LogP contribution in [0.5, 0.6) is 0 Å². The Labute approximate surface area is 504 Å². The van der Waals surface area contributed by atoms with E-state index in [9.17, 15) is 14.4 Å². The number of esters is 3. The summed E-state index contributed by atoms with van der Waals surface area (Å²) in [5, 5.41) is 0. The summed E-state index contributed by atoms with van der Waals surface area (Å²) in [6.07, 6.45) is 89.5. The Bertz CT molecular complexity index is 1440. The highest BCUT2D eigenvalue weighted by molar-refractivity contribution is 5.71. The van der Waals surface area contributed by atoms with Gasteiger partial charge in [-0.15, -0.1) is 0 Å². The molecule has 0 N–H and O–H groups in total. The lowest BCUT2D eigenvalue weighted by molar-refractivity contribution is -0.167. The fourth-order valence-electron chi connectivity index (χ4n) is 10.6. The molecule has 0 aliphatic rings. The molecule has 0 aromatic heterocycles. The molecule has 0 saturated carbocycles. The van der Waals surface area contributed by atoms with Gasteiger partial charge in [-0.3, -0.25) is 14.4 Å². The van der Waals surface area contributed by atoms with Gasteiger partial charge in [0.2, 0.25) is 0 Å². The Hall–Kier alpha value is -2.89. The third kappa shape index (κ3) is 67.8. The van der Waals surface area contributed by atoms with Crippen molar-refractivity contribution in [2.24, 2.45) is 0 Å². The molecule has 0 aliphatic heterocycles. The van der Waals surface area contributed by atoms with E-state index in [1.165, 1.54) is 270 Å². The SMILES string of the molecule is CCCCCCC/C=C\C/C=C\CCCCCCCCCCCCCC(=O)OCC(COC(=O)CCCCCCCCCCC/C=C\CCCCCCCC)OC(=O)CCCCCCCCCCC/C=C\C/C=C\CCCCCCC. The van der Waals surface area contributed by atoms with Crippen LogP contribution in [-0.2, 0) is 28.6 Å². The number of carbonyl (C=O) groups is 3. The van der Waals surface area contributed by atoms with E-state index >= 15 is 0 Å². The van der Waals surface area contributed by atoms with Gasteiger partial charge in [0.05, 0.1) is 0 Å². The van der Waals surface area contributed by atoms with Gasteiger partial charge in [0.15, 0.2) is 6.10 Å². The van der Waals surface area contributed by atoms with Crippen LogP contribution in [0.3, 0.4) is 0 Å². The molecular formula is C75H136O6. The fraction of sp³-hybridized carbons (Fsp3) is 0.827. The summed E-state index contributed by atoms with van der Waals surface area (Å²) in [6, 6.07) is 0. The predicted octanol–water partition coefficient (Wildman–Crippen LogP) is 24.7. The Kier molecular flexibility index (Phi) is 67.1. The lowest BCUT2D eigenvalue weighted by atomic mass is 10.0. The minimum atomic E-state index is -0.780. The van der Waals surface area contributed by atoms with Crippen molar-refractivity contribution >= 4 is 17.9 Å². The summed E-state index contributed by atoms with van der Waals surface area (Å²) in [5.74, 6) is -0.859. The summed E-state index contributed by atoms with van der Waals surface area (Å²) in [6.45, 7) is 6.67. The number of hydrogen-bond acceptors (Lipinski definition) is 6. The average Bonchev–Trinajstić information content (AvgIpc) is 3.47. The van der Waals surface area contributed by atoms with Crippen LogP contribution >= 0.6 is 0 Å². The normalized spacial score (nSPS) is 12.4. The number of unbranched alkanes of at least 4 members (excludes halogenated alkanes) is 45. The molecule has 472 valence electrons. The molecule has 1 unspecified atom stereocenters. The molecule has 0 saturated heterocycles. The van der Waals surface area contributed by atoms with Gasteiger partial charge in [-0.2, -0.15) is 0 Å². The number of hydrogen-bond donors (Lipinski definition) is 0. The van der Waals surface area contributed by atoms with E-state index in [0.29, 0.717) is 19.3 Å². The Balaban J connectivity index is 4.35. The van der Waals surface area contributed by atoms with Crippen LogP contribution in [0.15, 0.2) is 60.8 Å². The molecule has 0 rings (SSSR count). The van der Waals surface area contributed by atoms with Crippen molar-refractivity contribution in [3.63, 3.8) is 0 Å². The topological polar surface area (TPSA) is 78.9 Å². The Morgan fingerprint density at radius 2 is 0.444 bits per heavy atom. The largest absolute Gasteiger partial charge is 0.462 e. The highest BCUT2D eigenvalue weighted by atomic mass is 16.6. The molecule has 0 amide bonds. The quantitative estimate of drug-likeness (QED) is 0.0261. The second-order valence-electron chi connectivity index (χ2n) is 24.1. The minimum absolute atomic E-state index is 0.0749. The summed E-state index contributed by atoms with van der Waals surface area (Å²) in [4.78, 5) is 38.5. The zero-order chi connectivity index (χ0) is 58.5. The molecule has 0 heterocycles. The van der Waals surface area contributed by atoms with Gasteiger partial charge < -0.3 is 14.2 Å². The number of ether oxygens (including phenoxy) is 3. The van der Waals surface area contributed by atoms with Gasteiger partial charge in [-0.1, -0.05) is 313 Å². The standard InChI is InChI=1S/C75H136O6/c1-4-7-10-13-16-19-22-25-28-31-34-36-37-39-41-44-47-50-53-56-59-62-65-68-74(77)80-71-72(70-79-73(76)67-64-61-58-55-52-49-46-43-40-33-30-27-24-21-18-15-12-9-6-3)81-75(78)69-66-63-60-57-54-51-48-45-42-38-35-32-29-26-23-20-17-14-11-8-5-2/h22-23,25-27,30-32,34-35,72H,4-21,24,28-29,33,36-71H2,1-3H3/b25-22-,26-23-,30-27-,34-31-,35-32-. The molecule has 0 aliphatic carbocycles. The van der Waals surface area contributed by atoms with Gasteiger partial charge in [-0.05, 0) is 109 Å². The van der Waals surface area contributed by atoms with Crippen LogP contribution in [0, 0.1) is 0 Å². The zero-order valence-corrected chi connectivity index (χ0v) is 54.3. The van der Waals surface area contributed by atoms with Gasteiger partial charge in [0, 0.05) is 19.3 Å². The third-order valence-corrected chi connectivity index (χ3v) is 16.0. The van der Waals surface area contributed by atoms with E-state index in [1.54, 1.807) is 0 Å². The van der Waals surface area contributed by atoms with Crippen molar-refractivity contribution in [1.82, 2.24) is 0 Å². The lowest BCUT2D eigenvalue weighted by Crippen LogP contribution is -2.30. The van der Waals surface area contributed by atoms with Gasteiger partial charge in [-0.25, -0.2) is 0 Å². The summed E-state index contributed by atoms with van der Waals surface area (Å²) >= 11 is 0. The van der Waals surface area contributed by atoms with Crippen LogP contribution < -0.4 is 0 Å². The molecule has 0 bridgehead atoms. The molecule has 0 radical (unpaired) electrons. The molecule has 81 heavy (non-hydrogen) atoms. The van der Waals surface area contributed by atoms with E-state index in [0.717, 1.165) is 70.6 Å². The second-order valence-corrected chi connectivity index (χ2v) is 24.1. The van der Waals surface area contributed by atoms with Crippen LogP contribution in [0.4, 0.5) is 0 Å². The fourth-order valence-corrected chi connectivity index (χ4v) is 10.6. The summed E-state index contributed by atoms with van der Waals surface area (Å²) in [5.41, 5.74) is 0. The molecule has 1 atom stereocenters. The number of rotatable bonds is 66. The predicted molar refractivity (Wildman–Crippen MR) is 353 cm³/mol. The first-order valence-electron chi connectivity index (χ1n) is 35.8. The monoisotopic (exact) mass is 1130 g/mol. The lowest BCUT2D eigenvalue weighted by Gasteiger charge is -2.18. The zero-order valence-electron chi connectivity index (χ0n) is 54.3. The van der Waals surface area contributed by atoms with Gasteiger partial charge in [0.1, 0.15) is 13.2 Å². The van der Waals surface area contributed by atoms with Crippen molar-refractivity contribution in [2.45, 2.75) is 386 Å². The minimum Gasteiger partial charge on any atom is -0.462 e. The smallest absolute Gasteiger partial charge is 0.306 e. The van der Waals surface area contributed by atoms with Crippen LogP contribution in [0.1, 0.15) is 380 Å². The highest BCUT2D eigenvalue weighted by Crippen LogP contribution is 2.17. The van der Waals surface area contributed by atoms with Gasteiger partial charge in [0.25, 0.3) is 0 Å². The number of allylic oxidation sites excluding steroid dienone is 10. The van der Waals surface area contributed by atoms with E-state index in [4.69, 9.17) is 14.2 Å². The molecule has 6 heteroatoms. The molecule has 0 spiro atoms. The van der Waals surface area contributed by atoms with E-state index < -0.39 is 6.10 Å². The molecule has 0 aromatic carbocycles. The average molecular weight is 1130 g/mol. The van der Waals surface area contributed by atoms with Crippen molar-refractivity contribution in [3.8, 4) is 0 Å². The number of carbonyl (C=O) groups excluding carboxylic acids is 3. The third-order valence-electron chi connectivity index (χ3n) is 16.0. The first-order chi connectivity index (χ1) is 40.0. The first-order valence-corrected chi connectivity index (χ1v) is 35.8. The maximum atomic E-state index is 13.0. The Morgan fingerprint density at radius 1 is 0.247 bits per heavy atom. The Morgan fingerprint density at radius 3 is 0.691 bits per heavy atom. The van der Waals surface area contributed by atoms with Crippen molar-refractivity contribution in [1.29, 1.82) is 0 Å². The molecule has 0 fully saturated rings. The van der Waals surface area contributed by atoms with Gasteiger partial charge >= 0.3 is 17.9 Å². The maximum absolute atomic E-state index is 13.0. The van der Waals surface area contributed by atoms with Crippen molar-refractivity contribution < 1.29 is 28.6 Å². The van der Waals surface area contributed by atoms with E-state index in [-0.39, 0.29) is 31.1 Å². The first kappa shape index (κ1) is 78.1. The highest BCUT2D eigenvalue weighted by Gasteiger charge is 2.19. The van der Waals surface area contributed by atoms with E-state index in [1.807, 2.05) is 0 Å². The van der Waals surface area contributed by atoms with Crippen LogP contribution in [-0.4, -0.2) is 37.2 Å². The van der Waals surface area contributed by atoms with Crippen LogP contribution in [0.2, 0.25) is 0 Å². The van der Waals surface area contributed by atoms with Crippen LogP contribution in [0.25, 0.3) is 0 Å². The second kappa shape index (κ2) is 69.6.